The zero-order chi connectivity index (χ0) is 14.6. The molecule has 9 heteroatoms. The van der Waals surface area contributed by atoms with Gasteiger partial charge < -0.3 is 0 Å². The predicted molar refractivity (Wildman–Crippen MR) is 69.2 cm³/mol. The summed E-state index contributed by atoms with van der Waals surface area (Å²) >= 11 is 0. The summed E-state index contributed by atoms with van der Waals surface area (Å²) in [6, 6.07) is 7.67. The largest absolute Gasteiger partial charge is 0.240 e. The van der Waals surface area contributed by atoms with Gasteiger partial charge in [-0.3, -0.25) is 0 Å². The Kier molecular flexibility index (Phi) is 4.07. The van der Waals surface area contributed by atoms with E-state index in [2.05, 4.69) is 20.2 Å². The van der Waals surface area contributed by atoms with Crippen LogP contribution in [0.2, 0.25) is 0 Å². The molecule has 0 fully saturated rings. The van der Waals surface area contributed by atoms with Crippen molar-refractivity contribution in [2.75, 3.05) is 0 Å². The number of aromatic nitrogens is 4. The van der Waals surface area contributed by atoms with E-state index in [-0.39, 0.29) is 11.3 Å². The second-order valence-electron chi connectivity index (χ2n) is 4.14. The van der Waals surface area contributed by atoms with E-state index in [0.29, 0.717) is 5.69 Å². The van der Waals surface area contributed by atoms with Gasteiger partial charge in [0.05, 0.1) is 23.1 Å². The lowest BCUT2D eigenvalue weighted by Crippen LogP contribution is -2.32. The van der Waals surface area contributed by atoms with Gasteiger partial charge in [0.1, 0.15) is 6.33 Å². The molecule has 0 saturated carbocycles. The normalized spacial score (nSPS) is 12.8. The molecule has 0 amide bonds. The molecule has 20 heavy (non-hydrogen) atoms. The van der Waals surface area contributed by atoms with Crippen molar-refractivity contribution in [1.29, 1.82) is 5.26 Å². The fourth-order valence-electron chi connectivity index (χ4n) is 1.58. The minimum absolute atomic E-state index is 0.0929. The van der Waals surface area contributed by atoms with Crippen LogP contribution in [0.3, 0.4) is 0 Å². The fourth-order valence-corrected chi connectivity index (χ4v) is 2.87. The van der Waals surface area contributed by atoms with Gasteiger partial charge >= 0.3 is 0 Å². The number of nitrogens with zero attached hydrogens (tertiary/aromatic N) is 5. The topological polar surface area (TPSA) is 114 Å². The van der Waals surface area contributed by atoms with Crippen LogP contribution in [0, 0.1) is 11.3 Å². The highest BCUT2D eigenvalue weighted by Gasteiger charge is 2.17. The van der Waals surface area contributed by atoms with Crippen LogP contribution in [0.4, 0.5) is 0 Å². The molecule has 0 bridgehead atoms. The van der Waals surface area contributed by atoms with E-state index in [1.165, 1.54) is 23.1 Å². The molecule has 0 aliphatic heterocycles. The minimum Gasteiger partial charge on any atom is -0.207 e. The lowest BCUT2D eigenvalue weighted by atomic mass is 10.3. The highest BCUT2D eigenvalue weighted by Crippen LogP contribution is 2.14. The number of nitriles is 1. The van der Waals surface area contributed by atoms with Gasteiger partial charge in [0.15, 0.2) is 0 Å². The lowest BCUT2D eigenvalue weighted by Gasteiger charge is -2.11. The van der Waals surface area contributed by atoms with Gasteiger partial charge in [0, 0.05) is 6.04 Å². The first kappa shape index (κ1) is 14.1. The number of benzene rings is 1. The van der Waals surface area contributed by atoms with Crippen LogP contribution >= 0.6 is 0 Å². The van der Waals surface area contributed by atoms with Crippen LogP contribution in [-0.2, 0) is 10.0 Å². The molecule has 1 heterocycles. The highest BCUT2D eigenvalue weighted by molar-refractivity contribution is 7.89. The molecule has 2 rings (SSSR count). The van der Waals surface area contributed by atoms with Crippen molar-refractivity contribution in [3.63, 3.8) is 0 Å². The molecule has 0 unspecified atom stereocenters. The summed E-state index contributed by atoms with van der Waals surface area (Å²) in [5.74, 6) is 0. The zero-order valence-corrected chi connectivity index (χ0v) is 11.4. The Morgan fingerprint density at radius 1 is 1.50 bits per heavy atom. The molecule has 104 valence electrons. The van der Waals surface area contributed by atoms with Crippen molar-refractivity contribution in [2.45, 2.75) is 24.3 Å². The molecule has 1 aromatic heterocycles. The van der Waals surface area contributed by atoms with Crippen molar-refractivity contribution < 1.29 is 8.42 Å². The summed E-state index contributed by atoms with van der Waals surface area (Å²) in [6.07, 6.45) is 1.48. The molecule has 0 aliphatic rings. The number of hydrogen-bond donors (Lipinski definition) is 1. The third kappa shape index (κ3) is 3.17. The van der Waals surface area contributed by atoms with Gasteiger partial charge in [-0.25, -0.2) is 17.8 Å². The van der Waals surface area contributed by atoms with Crippen molar-refractivity contribution in [3.8, 4) is 11.8 Å². The van der Waals surface area contributed by atoms with Crippen molar-refractivity contribution >= 4 is 10.0 Å². The number of sulfonamides is 1. The molecule has 1 N–H and O–H groups in total. The van der Waals surface area contributed by atoms with E-state index in [0.717, 1.165) is 0 Å². The van der Waals surface area contributed by atoms with Crippen LogP contribution in [0.15, 0.2) is 35.5 Å². The van der Waals surface area contributed by atoms with Crippen molar-refractivity contribution in [3.05, 3.63) is 30.6 Å². The SMILES string of the molecule is C[C@H](CC#N)NS(=O)(=O)c1cccc(-n2cnnn2)c1. The van der Waals surface area contributed by atoms with Crippen molar-refractivity contribution in [1.82, 2.24) is 24.9 Å². The van der Waals surface area contributed by atoms with E-state index in [1.807, 2.05) is 6.07 Å². The third-order valence-electron chi connectivity index (χ3n) is 2.50. The average molecular weight is 292 g/mol. The monoisotopic (exact) mass is 292 g/mol. The standard InChI is InChI=1S/C11H12N6O2S/c1-9(5-6-12)14-20(18,19)11-4-2-3-10(7-11)17-8-13-15-16-17/h2-4,7-9,14H,5H2,1H3/t9-/m1/s1. The molecule has 0 spiro atoms. The van der Waals surface area contributed by atoms with Gasteiger partial charge in [-0.15, -0.1) is 5.10 Å². The summed E-state index contributed by atoms with van der Waals surface area (Å²) in [6.45, 7) is 1.63. The van der Waals surface area contributed by atoms with Gasteiger partial charge in [-0.05, 0) is 35.5 Å². The third-order valence-corrected chi connectivity index (χ3v) is 4.08. The van der Waals surface area contributed by atoms with E-state index < -0.39 is 16.1 Å². The summed E-state index contributed by atoms with van der Waals surface area (Å²) in [4.78, 5) is 0.0929. The molecule has 2 aromatic rings. The lowest BCUT2D eigenvalue weighted by molar-refractivity contribution is 0.563. The van der Waals surface area contributed by atoms with Crippen molar-refractivity contribution in [2.24, 2.45) is 0 Å². The van der Waals surface area contributed by atoms with Gasteiger partial charge in [-0.1, -0.05) is 6.07 Å². The average Bonchev–Trinajstić information content (AvgIpc) is 2.92. The van der Waals surface area contributed by atoms with Gasteiger partial charge in [-0.2, -0.15) is 5.26 Å². The summed E-state index contributed by atoms with van der Waals surface area (Å²) in [5, 5.41) is 19.2. The Labute approximate surface area is 116 Å². The molecule has 0 radical (unpaired) electrons. The quantitative estimate of drug-likeness (QED) is 0.844. The first-order valence-corrected chi connectivity index (χ1v) is 7.24. The van der Waals surface area contributed by atoms with Crippen LogP contribution in [-0.4, -0.2) is 34.7 Å². The summed E-state index contributed by atoms with van der Waals surface area (Å²) in [5.41, 5.74) is 0.533. The molecule has 0 saturated heterocycles. The Balaban J connectivity index is 2.29. The smallest absolute Gasteiger partial charge is 0.207 e. The number of rotatable bonds is 5. The van der Waals surface area contributed by atoms with Crippen LogP contribution in [0.1, 0.15) is 13.3 Å². The highest BCUT2D eigenvalue weighted by atomic mass is 32.2. The Morgan fingerprint density at radius 3 is 2.95 bits per heavy atom. The minimum atomic E-state index is -3.68. The summed E-state index contributed by atoms with van der Waals surface area (Å²) < 4.78 is 28.1. The van der Waals surface area contributed by atoms with E-state index in [9.17, 15) is 8.42 Å². The Morgan fingerprint density at radius 2 is 2.30 bits per heavy atom. The van der Waals surface area contributed by atoms with E-state index in [4.69, 9.17) is 5.26 Å². The maximum atomic E-state index is 12.2. The van der Waals surface area contributed by atoms with E-state index >= 15 is 0 Å². The molecular weight excluding hydrogens is 280 g/mol. The molecular formula is C11H12N6O2S. The Hall–Kier alpha value is -2.31. The number of tetrazole rings is 1. The second kappa shape index (κ2) is 5.77. The molecule has 1 aromatic carbocycles. The van der Waals surface area contributed by atoms with Crippen LogP contribution < -0.4 is 4.72 Å². The first-order chi connectivity index (χ1) is 9.53. The predicted octanol–water partition coefficient (Wildman–Crippen LogP) is 0.243. The van der Waals surface area contributed by atoms with Crippen LogP contribution in [0.25, 0.3) is 5.69 Å². The zero-order valence-electron chi connectivity index (χ0n) is 10.6. The Bertz CT molecular complexity index is 720. The number of nitrogens with one attached hydrogen (secondary N) is 1. The second-order valence-corrected chi connectivity index (χ2v) is 5.85. The first-order valence-electron chi connectivity index (χ1n) is 5.75. The molecule has 8 nitrogen and oxygen atoms in total. The van der Waals surface area contributed by atoms with Gasteiger partial charge in [0.25, 0.3) is 0 Å². The van der Waals surface area contributed by atoms with Gasteiger partial charge in [0.2, 0.25) is 10.0 Å². The van der Waals surface area contributed by atoms with Crippen LogP contribution in [0.5, 0.6) is 0 Å². The fraction of sp³-hybridized carbons (Fsp3) is 0.273. The maximum absolute atomic E-state index is 12.2. The number of hydrogen-bond acceptors (Lipinski definition) is 6. The maximum Gasteiger partial charge on any atom is 0.240 e. The van der Waals surface area contributed by atoms with E-state index in [1.54, 1.807) is 19.1 Å². The molecule has 0 aliphatic carbocycles. The summed E-state index contributed by atoms with van der Waals surface area (Å²) in [7, 11) is -3.68. The molecule has 1 atom stereocenters.